The van der Waals surface area contributed by atoms with Crippen LogP contribution in [0.3, 0.4) is 0 Å². The number of anilines is 1. The fourth-order valence-electron chi connectivity index (χ4n) is 2.95. The van der Waals surface area contributed by atoms with Crippen molar-refractivity contribution in [3.63, 3.8) is 0 Å². The van der Waals surface area contributed by atoms with Crippen LogP contribution in [0.1, 0.15) is 23.4 Å². The summed E-state index contributed by atoms with van der Waals surface area (Å²) in [5.41, 5.74) is 2.06. The molecule has 1 saturated heterocycles. The molecule has 3 rings (SSSR count). The number of hydrogen-bond donors (Lipinski definition) is 0. The molecule has 1 aromatic heterocycles. The molecule has 0 radical (unpaired) electrons. The average molecular weight is 313 g/mol. The number of aldehydes is 1. The Morgan fingerprint density at radius 3 is 2.43 bits per heavy atom. The van der Waals surface area contributed by atoms with Gasteiger partial charge in [0.15, 0.2) is 12.0 Å². The Balaban J connectivity index is 1.66. The highest BCUT2D eigenvalue weighted by Crippen LogP contribution is 2.27. The zero-order valence-electron chi connectivity index (χ0n) is 13.0. The molecular formula is C18H19NO4. The van der Waals surface area contributed by atoms with Gasteiger partial charge in [0.1, 0.15) is 5.76 Å². The van der Waals surface area contributed by atoms with E-state index in [4.69, 9.17) is 9.15 Å². The third-order valence-corrected chi connectivity index (χ3v) is 4.29. The Hall–Kier alpha value is -2.56. The van der Waals surface area contributed by atoms with E-state index in [9.17, 15) is 9.59 Å². The van der Waals surface area contributed by atoms with Crippen molar-refractivity contribution < 1.29 is 18.7 Å². The van der Waals surface area contributed by atoms with Crippen LogP contribution >= 0.6 is 0 Å². The maximum Gasteiger partial charge on any atom is 0.308 e. The van der Waals surface area contributed by atoms with Crippen molar-refractivity contribution in [2.75, 3.05) is 25.1 Å². The molecular weight excluding hydrogens is 294 g/mol. The van der Waals surface area contributed by atoms with Crippen molar-refractivity contribution in [1.29, 1.82) is 0 Å². The summed E-state index contributed by atoms with van der Waals surface area (Å²) in [7, 11) is 1.44. The van der Waals surface area contributed by atoms with Crippen LogP contribution in [0.2, 0.25) is 0 Å². The van der Waals surface area contributed by atoms with E-state index < -0.39 is 0 Å². The molecule has 2 aromatic rings. The molecule has 1 aliphatic rings. The standard InChI is InChI=1S/C18H19NO4/c1-22-18(21)14-8-10-19(11-9-14)15-4-2-13(3-5-15)17-7-6-16(12-20)23-17/h2-7,12,14H,8-11H2,1H3. The number of furan rings is 1. The number of nitrogens with zero attached hydrogens (tertiary/aromatic N) is 1. The lowest BCUT2D eigenvalue weighted by Crippen LogP contribution is -2.36. The monoisotopic (exact) mass is 313 g/mol. The fraction of sp³-hybridized carbons (Fsp3) is 0.333. The summed E-state index contributed by atoms with van der Waals surface area (Å²) < 4.78 is 10.2. The summed E-state index contributed by atoms with van der Waals surface area (Å²) in [6, 6.07) is 11.5. The van der Waals surface area contributed by atoms with Crippen LogP contribution in [0, 0.1) is 5.92 Å². The third kappa shape index (κ3) is 3.28. The van der Waals surface area contributed by atoms with Gasteiger partial charge in [-0.1, -0.05) is 0 Å². The van der Waals surface area contributed by atoms with E-state index in [2.05, 4.69) is 4.90 Å². The molecule has 0 N–H and O–H groups in total. The summed E-state index contributed by atoms with van der Waals surface area (Å²) in [4.78, 5) is 24.5. The van der Waals surface area contributed by atoms with E-state index in [0.29, 0.717) is 17.8 Å². The van der Waals surface area contributed by atoms with E-state index in [-0.39, 0.29) is 11.9 Å². The molecule has 0 amide bonds. The first kappa shape index (κ1) is 15.3. The first-order valence-electron chi connectivity index (χ1n) is 7.69. The Labute approximate surface area is 134 Å². The Bertz CT molecular complexity index is 681. The molecule has 0 unspecified atom stereocenters. The van der Waals surface area contributed by atoms with Crippen molar-refractivity contribution in [3.05, 3.63) is 42.2 Å². The molecule has 2 heterocycles. The first-order chi connectivity index (χ1) is 11.2. The van der Waals surface area contributed by atoms with Crippen LogP contribution in [0.4, 0.5) is 5.69 Å². The van der Waals surface area contributed by atoms with Gasteiger partial charge in [0.05, 0.1) is 13.0 Å². The van der Waals surface area contributed by atoms with Crippen molar-refractivity contribution in [2.45, 2.75) is 12.8 Å². The summed E-state index contributed by atoms with van der Waals surface area (Å²) in [6.45, 7) is 1.68. The SMILES string of the molecule is COC(=O)C1CCN(c2ccc(-c3ccc(C=O)o3)cc2)CC1. The largest absolute Gasteiger partial charge is 0.469 e. The normalized spacial score (nSPS) is 15.4. The molecule has 0 atom stereocenters. The Morgan fingerprint density at radius 2 is 1.87 bits per heavy atom. The van der Waals surface area contributed by atoms with Crippen molar-refractivity contribution in [3.8, 4) is 11.3 Å². The summed E-state index contributed by atoms with van der Waals surface area (Å²) in [5.74, 6) is 0.918. The number of ether oxygens (including phenoxy) is 1. The van der Waals surface area contributed by atoms with Gasteiger partial charge in [0, 0.05) is 24.3 Å². The molecule has 0 bridgehead atoms. The zero-order chi connectivity index (χ0) is 16.2. The van der Waals surface area contributed by atoms with Gasteiger partial charge in [0.25, 0.3) is 0 Å². The number of hydrogen-bond acceptors (Lipinski definition) is 5. The number of carbonyl (C=O) groups is 2. The summed E-state index contributed by atoms with van der Waals surface area (Å²) in [5, 5.41) is 0. The second-order valence-corrected chi connectivity index (χ2v) is 5.65. The van der Waals surface area contributed by atoms with Crippen LogP contribution in [0.25, 0.3) is 11.3 Å². The molecule has 5 nitrogen and oxygen atoms in total. The predicted molar refractivity (Wildman–Crippen MR) is 86.5 cm³/mol. The van der Waals surface area contributed by atoms with Gasteiger partial charge in [-0.25, -0.2) is 0 Å². The number of methoxy groups -OCH3 is 1. The van der Waals surface area contributed by atoms with E-state index in [1.54, 1.807) is 12.1 Å². The highest BCUT2D eigenvalue weighted by atomic mass is 16.5. The molecule has 1 aliphatic heterocycles. The van der Waals surface area contributed by atoms with E-state index in [1.807, 2.05) is 24.3 Å². The molecule has 1 fully saturated rings. The average Bonchev–Trinajstić information content (AvgIpc) is 3.10. The van der Waals surface area contributed by atoms with Crippen molar-refractivity contribution in [2.24, 2.45) is 5.92 Å². The van der Waals surface area contributed by atoms with Gasteiger partial charge in [0.2, 0.25) is 0 Å². The van der Waals surface area contributed by atoms with E-state index >= 15 is 0 Å². The second-order valence-electron chi connectivity index (χ2n) is 5.65. The summed E-state index contributed by atoms with van der Waals surface area (Å²) >= 11 is 0. The molecule has 0 saturated carbocycles. The molecule has 0 spiro atoms. The van der Waals surface area contributed by atoms with Crippen molar-refractivity contribution >= 4 is 17.9 Å². The topological polar surface area (TPSA) is 59.8 Å². The van der Waals surface area contributed by atoms with Crippen LogP contribution in [0.5, 0.6) is 0 Å². The molecule has 1 aromatic carbocycles. The van der Waals surface area contributed by atoms with Gasteiger partial charge in [-0.3, -0.25) is 9.59 Å². The van der Waals surface area contributed by atoms with Gasteiger partial charge in [-0.05, 0) is 49.2 Å². The lowest BCUT2D eigenvalue weighted by Gasteiger charge is -2.32. The van der Waals surface area contributed by atoms with Crippen molar-refractivity contribution in [1.82, 2.24) is 0 Å². The second kappa shape index (κ2) is 6.69. The fourth-order valence-corrected chi connectivity index (χ4v) is 2.95. The highest BCUT2D eigenvalue weighted by molar-refractivity contribution is 5.74. The molecule has 23 heavy (non-hydrogen) atoms. The van der Waals surface area contributed by atoms with Gasteiger partial charge in [-0.2, -0.15) is 0 Å². The van der Waals surface area contributed by atoms with E-state index in [0.717, 1.165) is 37.2 Å². The van der Waals surface area contributed by atoms with Crippen LogP contribution in [0.15, 0.2) is 40.8 Å². The Kier molecular flexibility index (Phi) is 4.46. The number of rotatable bonds is 4. The van der Waals surface area contributed by atoms with Gasteiger partial charge in [-0.15, -0.1) is 0 Å². The van der Waals surface area contributed by atoms with Gasteiger partial charge >= 0.3 is 5.97 Å². The minimum absolute atomic E-state index is 0.0143. The summed E-state index contributed by atoms with van der Waals surface area (Å²) in [6.07, 6.45) is 2.33. The zero-order valence-corrected chi connectivity index (χ0v) is 13.0. The van der Waals surface area contributed by atoms with Crippen LogP contribution in [-0.2, 0) is 9.53 Å². The smallest absolute Gasteiger partial charge is 0.308 e. The minimum atomic E-state index is -0.108. The van der Waals surface area contributed by atoms with Crippen LogP contribution < -0.4 is 4.90 Å². The van der Waals surface area contributed by atoms with E-state index in [1.165, 1.54) is 7.11 Å². The maximum absolute atomic E-state index is 11.6. The highest BCUT2D eigenvalue weighted by Gasteiger charge is 2.25. The van der Waals surface area contributed by atoms with Gasteiger partial charge < -0.3 is 14.1 Å². The quantitative estimate of drug-likeness (QED) is 0.641. The first-order valence-corrected chi connectivity index (χ1v) is 7.69. The molecule has 120 valence electrons. The Morgan fingerprint density at radius 1 is 1.17 bits per heavy atom. The number of carbonyl (C=O) groups excluding carboxylic acids is 2. The minimum Gasteiger partial charge on any atom is -0.469 e. The molecule has 5 heteroatoms. The lowest BCUT2D eigenvalue weighted by molar-refractivity contribution is -0.146. The predicted octanol–water partition coefficient (Wildman–Crippen LogP) is 3.15. The third-order valence-electron chi connectivity index (χ3n) is 4.29. The molecule has 0 aliphatic carbocycles. The maximum atomic E-state index is 11.6. The van der Waals surface area contributed by atoms with Crippen LogP contribution in [-0.4, -0.2) is 32.5 Å². The lowest BCUT2D eigenvalue weighted by atomic mass is 9.96. The number of benzene rings is 1. The number of esters is 1. The number of piperidine rings is 1.